The maximum atomic E-state index is 11.0. The number of hydrogen-bond acceptors (Lipinski definition) is 8. The summed E-state index contributed by atoms with van der Waals surface area (Å²) in [6.45, 7) is 0. The van der Waals surface area contributed by atoms with Gasteiger partial charge in [0.2, 0.25) is 0 Å². The lowest BCUT2D eigenvalue weighted by Crippen LogP contribution is -2.29. The van der Waals surface area contributed by atoms with Crippen LogP contribution in [0.5, 0.6) is 0 Å². The van der Waals surface area contributed by atoms with E-state index in [2.05, 4.69) is 27.0 Å². The van der Waals surface area contributed by atoms with Gasteiger partial charge in [-0.3, -0.25) is 0 Å². The van der Waals surface area contributed by atoms with E-state index >= 15 is 0 Å². The summed E-state index contributed by atoms with van der Waals surface area (Å²) in [5.74, 6) is 0. The molecule has 0 amide bonds. The van der Waals surface area contributed by atoms with Crippen LogP contribution in [0.3, 0.4) is 0 Å². The van der Waals surface area contributed by atoms with Gasteiger partial charge in [0, 0.05) is 9.79 Å². The van der Waals surface area contributed by atoms with Gasteiger partial charge >= 0.3 is 0 Å². The number of hydrazine groups is 2. The molecule has 0 fully saturated rings. The van der Waals surface area contributed by atoms with Crippen molar-refractivity contribution >= 4 is 45.9 Å². The molecule has 34 heavy (non-hydrogen) atoms. The summed E-state index contributed by atoms with van der Waals surface area (Å²) in [4.78, 5) is 24.0. The summed E-state index contributed by atoms with van der Waals surface area (Å²) in [6, 6.07) is 30.6. The van der Waals surface area contributed by atoms with Crippen LogP contribution < -0.4 is 26.4 Å². The molecule has 0 spiro atoms. The van der Waals surface area contributed by atoms with Gasteiger partial charge in [-0.15, -0.1) is 9.81 Å². The quantitative estimate of drug-likeness (QED) is 0.174. The molecule has 10 heteroatoms. The van der Waals surface area contributed by atoms with Crippen molar-refractivity contribution in [2.75, 3.05) is 15.3 Å². The number of nitrogens with zero attached hydrogens (tertiary/aromatic N) is 4. The number of rotatable bonds is 8. The highest BCUT2D eigenvalue weighted by Gasteiger charge is 2.20. The van der Waals surface area contributed by atoms with Gasteiger partial charge in [-0.2, -0.15) is 11.1 Å². The van der Waals surface area contributed by atoms with E-state index in [9.17, 15) is 9.81 Å². The fraction of sp³-hybridized carbons (Fsp3) is 0. The van der Waals surface area contributed by atoms with Gasteiger partial charge in [0.1, 0.15) is 0 Å². The molecule has 0 aromatic heterocycles. The van der Waals surface area contributed by atoms with E-state index in [1.807, 2.05) is 97.1 Å². The van der Waals surface area contributed by atoms with Gasteiger partial charge in [0.15, 0.2) is 0 Å². The monoisotopic (exact) mass is 469 g/mol. The number of fused-ring (bicyclic) bond motifs is 2. The lowest BCUT2D eigenvalue weighted by Gasteiger charge is -2.27. The maximum absolute atomic E-state index is 11.0. The van der Waals surface area contributed by atoms with Crippen molar-refractivity contribution in [2.24, 2.45) is 10.6 Å². The Kier molecular flexibility index (Phi) is 5.95. The Morgan fingerprint density at radius 1 is 0.588 bits per heavy atom. The van der Waals surface area contributed by atoms with Crippen molar-refractivity contribution in [3.05, 3.63) is 107 Å². The van der Waals surface area contributed by atoms with Gasteiger partial charge < -0.3 is 5.32 Å². The van der Waals surface area contributed by atoms with Crippen LogP contribution in [-0.2, 0) is 0 Å². The minimum absolute atomic E-state index is 0.760. The molecular formula is C24H19N7O2S. The molecule has 0 saturated carbocycles. The fourth-order valence-electron chi connectivity index (χ4n) is 3.70. The van der Waals surface area contributed by atoms with Crippen molar-refractivity contribution in [1.29, 1.82) is 0 Å². The summed E-state index contributed by atoms with van der Waals surface area (Å²) in [5, 5.41) is 12.4. The van der Waals surface area contributed by atoms with E-state index in [0.29, 0.717) is 0 Å². The molecule has 3 N–H and O–H groups in total. The summed E-state index contributed by atoms with van der Waals surface area (Å²) in [6.07, 6.45) is 0. The van der Waals surface area contributed by atoms with Crippen LogP contribution in [0.2, 0.25) is 0 Å². The molecule has 0 radical (unpaired) electrons. The van der Waals surface area contributed by atoms with Gasteiger partial charge in [-0.05, 0) is 60.7 Å². The molecule has 0 aliphatic carbocycles. The zero-order chi connectivity index (χ0) is 23.3. The van der Waals surface area contributed by atoms with E-state index in [1.54, 1.807) is 21.8 Å². The van der Waals surface area contributed by atoms with Crippen molar-refractivity contribution in [3.63, 3.8) is 0 Å². The third-order valence-electron chi connectivity index (χ3n) is 5.25. The molecule has 0 saturated heterocycles. The topological polar surface area (TPSA) is 101 Å². The summed E-state index contributed by atoms with van der Waals surface area (Å²) >= 11 is 1.58. The molecule has 1 heterocycles. The first-order valence-corrected chi connectivity index (χ1v) is 11.2. The predicted molar refractivity (Wildman–Crippen MR) is 135 cm³/mol. The molecule has 4 aromatic carbocycles. The molecule has 9 nitrogen and oxygen atoms in total. The van der Waals surface area contributed by atoms with Gasteiger partial charge in [-0.25, -0.2) is 10.0 Å². The smallest absolute Gasteiger partial charge is 0.0709 e. The van der Waals surface area contributed by atoms with Crippen molar-refractivity contribution in [3.8, 4) is 0 Å². The van der Waals surface area contributed by atoms with Crippen LogP contribution in [-0.4, -0.2) is 0 Å². The first-order valence-electron chi connectivity index (χ1n) is 10.4. The Morgan fingerprint density at radius 3 is 1.44 bits per heavy atom. The molecule has 4 aromatic rings. The Labute approximate surface area is 199 Å². The van der Waals surface area contributed by atoms with E-state index in [4.69, 9.17) is 0 Å². The van der Waals surface area contributed by atoms with Crippen molar-refractivity contribution in [2.45, 2.75) is 9.79 Å². The van der Waals surface area contributed by atoms with Crippen LogP contribution in [0.15, 0.2) is 117 Å². The number of hydrogen-bond donors (Lipinski definition) is 3. The third kappa shape index (κ3) is 4.21. The van der Waals surface area contributed by atoms with Crippen LogP contribution in [0.4, 0.5) is 34.1 Å². The minimum Gasteiger partial charge on any atom is -0.354 e. The Morgan fingerprint density at radius 2 is 1.03 bits per heavy atom. The summed E-state index contributed by atoms with van der Waals surface area (Å²) < 4.78 is 0. The number of para-hydroxylation sites is 2. The Balaban J connectivity index is 1.47. The average Bonchev–Trinajstić information content (AvgIpc) is 2.89. The molecule has 0 bridgehead atoms. The highest BCUT2D eigenvalue weighted by Crippen LogP contribution is 2.47. The third-order valence-corrected chi connectivity index (χ3v) is 6.36. The average molecular weight is 470 g/mol. The molecule has 0 unspecified atom stereocenters. The molecule has 0 atom stereocenters. The minimum atomic E-state index is 0.760. The largest absolute Gasteiger partial charge is 0.354 e. The maximum Gasteiger partial charge on any atom is 0.0709 e. The standard InChI is InChI=1S/C24H19N7O2S/c32-28-26-30(17-7-3-1-4-8-17)19-11-13-21-23(15-19)34-24-16-20(12-14-22(24)25-21)31(27-29-33)18-9-5-2-6-10-18/h1-16,25H,(H,26,32)(H,27,33). The highest BCUT2D eigenvalue weighted by molar-refractivity contribution is 7.99. The van der Waals surface area contributed by atoms with Crippen LogP contribution in [0, 0.1) is 9.81 Å². The zero-order valence-electron chi connectivity index (χ0n) is 17.8. The van der Waals surface area contributed by atoms with Crippen LogP contribution >= 0.6 is 11.8 Å². The predicted octanol–water partition coefficient (Wildman–Crippen LogP) is 6.54. The number of nitroso groups, excluding NO2 is 2. The van der Waals surface area contributed by atoms with Gasteiger partial charge in [0.25, 0.3) is 0 Å². The normalized spacial score (nSPS) is 11.3. The van der Waals surface area contributed by atoms with Gasteiger partial charge in [0.05, 0.1) is 44.7 Å². The molecule has 1 aliphatic rings. The zero-order valence-corrected chi connectivity index (χ0v) is 18.6. The van der Waals surface area contributed by atoms with E-state index in [-0.39, 0.29) is 0 Å². The van der Waals surface area contributed by atoms with E-state index in [1.165, 1.54) is 0 Å². The van der Waals surface area contributed by atoms with E-state index < -0.39 is 0 Å². The van der Waals surface area contributed by atoms with E-state index in [0.717, 1.165) is 43.9 Å². The van der Waals surface area contributed by atoms with Crippen molar-refractivity contribution in [1.82, 2.24) is 11.1 Å². The fourth-order valence-corrected chi connectivity index (χ4v) is 4.76. The highest BCUT2D eigenvalue weighted by atomic mass is 32.2. The molecule has 5 rings (SSSR count). The second-order valence-electron chi connectivity index (χ2n) is 7.31. The Hall–Kier alpha value is -4.57. The van der Waals surface area contributed by atoms with Crippen LogP contribution in [0.1, 0.15) is 0 Å². The number of nitrogens with one attached hydrogen (secondary N) is 3. The molecular weight excluding hydrogens is 450 g/mol. The van der Waals surface area contributed by atoms with Crippen LogP contribution in [0.25, 0.3) is 0 Å². The molecule has 168 valence electrons. The number of anilines is 6. The lowest BCUT2D eigenvalue weighted by molar-refractivity contribution is 0.751. The summed E-state index contributed by atoms with van der Waals surface area (Å²) in [5.41, 5.74) is 10.0. The SMILES string of the molecule is O=NNN(c1ccccc1)c1ccc2c(c1)Sc1cc(N(NN=O)c3ccccc3)ccc1N2. The summed E-state index contributed by atoms with van der Waals surface area (Å²) in [7, 11) is 0. The second kappa shape index (κ2) is 9.51. The second-order valence-corrected chi connectivity index (χ2v) is 8.40. The first-order chi connectivity index (χ1) is 16.8. The Bertz CT molecular complexity index is 1220. The first kappa shape index (κ1) is 21.3. The molecule has 1 aliphatic heterocycles. The lowest BCUT2D eigenvalue weighted by atomic mass is 10.2. The number of benzene rings is 4. The van der Waals surface area contributed by atoms with Gasteiger partial charge in [-0.1, -0.05) is 48.2 Å². The van der Waals surface area contributed by atoms with Crippen molar-refractivity contribution < 1.29 is 0 Å².